The van der Waals surface area contributed by atoms with E-state index >= 15 is 0 Å². The van der Waals surface area contributed by atoms with Gasteiger partial charge in [-0.05, 0) is 94.0 Å². The molecule has 256 valence electrons. The summed E-state index contributed by atoms with van der Waals surface area (Å²) in [5.74, 6) is 0. The lowest BCUT2D eigenvalue weighted by molar-refractivity contribution is 0.643. The van der Waals surface area contributed by atoms with E-state index in [9.17, 15) is 0 Å². The summed E-state index contributed by atoms with van der Waals surface area (Å²) in [7, 11) is 0. The van der Waals surface area contributed by atoms with Crippen LogP contribution in [0.25, 0.3) is 72.3 Å². The minimum Gasteiger partial charge on any atom is -0.309 e. The van der Waals surface area contributed by atoms with Gasteiger partial charge in [0.1, 0.15) is 0 Å². The van der Waals surface area contributed by atoms with Crippen LogP contribution in [0, 0.1) is 0 Å². The third kappa shape index (κ3) is 4.87. The topological polar surface area (TPSA) is 17.8 Å². The molecule has 0 N–H and O–H groups in total. The van der Waals surface area contributed by atoms with Gasteiger partial charge in [0.25, 0.3) is 0 Å². The normalized spacial score (nSPS) is 13.7. The zero-order chi connectivity index (χ0) is 36.0. The van der Waals surface area contributed by atoms with Gasteiger partial charge >= 0.3 is 0 Å². The van der Waals surface area contributed by atoms with Crippen LogP contribution in [-0.2, 0) is 5.41 Å². The predicted octanol–water partition coefficient (Wildman–Crippen LogP) is 14.1. The molecule has 0 amide bonds. The number of pyridine rings is 1. The molecule has 3 heterocycles. The maximum atomic E-state index is 5.20. The molecule has 0 atom stereocenters. The highest BCUT2D eigenvalue weighted by atomic mass is 32.2. The fraction of sp³-hybridized carbons (Fsp3) is 0.0600. The molecule has 4 heteroatoms. The lowest BCUT2D eigenvalue weighted by Gasteiger charge is -2.28. The Morgan fingerprint density at radius 3 is 1.83 bits per heavy atom. The van der Waals surface area contributed by atoms with Crippen molar-refractivity contribution in [3.05, 3.63) is 181 Å². The summed E-state index contributed by atoms with van der Waals surface area (Å²) in [5, 5.41) is 2.55. The molecule has 0 spiro atoms. The minimum absolute atomic E-state index is 0.152. The molecular formula is C50H34N2S2. The van der Waals surface area contributed by atoms with Crippen LogP contribution in [0.15, 0.2) is 189 Å². The summed E-state index contributed by atoms with van der Waals surface area (Å²) >= 11 is 3.84. The van der Waals surface area contributed by atoms with Crippen LogP contribution in [-0.4, -0.2) is 9.55 Å². The summed E-state index contributed by atoms with van der Waals surface area (Å²) in [6.07, 6.45) is 0. The first-order chi connectivity index (χ1) is 26.5. The molecule has 7 aromatic carbocycles. The van der Waals surface area contributed by atoms with Crippen LogP contribution in [0.5, 0.6) is 0 Å². The first-order valence-electron chi connectivity index (χ1n) is 18.5. The Morgan fingerprint density at radius 2 is 1.09 bits per heavy atom. The van der Waals surface area contributed by atoms with Gasteiger partial charge in [-0.3, -0.25) is 0 Å². The summed E-state index contributed by atoms with van der Waals surface area (Å²) in [4.78, 5) is 10.7. The molecule has 0 bridgehead atoms. The number of fused-ring (bicyclic) bond motifs is 9. The predicted molar refractivity (Wildman–Crippen MR) is 227 cm³/mol. The van der Waals surface area contributed by atoms with Crippen molar-refractivity contribution in [1.29, 1.82) is 0 Å². The van der Waals surface area contributed by atoms with Gasteiger partial charge in [0, 0.05) is 52.6 Å². The average Bonchev–Trinajstić information content (AvgIpc) is 3.67. The second-order valence-corrected chi connectivity index (χ2v) is 16.9. The number of rotatable bonds is 4. The Bertz CT molecular complexity index is 2880. The van der Waals surface area contributed by atoms with Gasteiger partial charge in [-0.15, -0.1) is 0 Å². The van der Waals surface area contributed by atoms with Crippen molar-refractivity contribution in [2.75, 3.05) is 0 Å². The van der Waals surface area contributed by atoms with E-state index in [4.69, 9.17) is 4.98 Å². The molecule has 9 aromatic rings. The van der Waals surface area contributed by atoms with E-state index in [0.717, 1.165) is 33.8 Å². The van der Waals surface area contributed by atoms with E-state index in [-0.39, 0.29) is 5.41 Å². The van der Waals surface area contributed by atoms with Crippen LogP contribution >= 0.6 is 23.5 Å². The van der Waals surface area contributed by atoms with Gasteiger partial charge in [-0.2, -0.15) is 0 Å². The van der Waals surface area contributed by atoms with Crippen LogP contribution < -0.4 is 0 Å². The van der Waals surface area contributed by atoms with Crippen molar-refractivity contribution in [1.82, 2.24) is 9.55 Å². The number of aromatic nitrogens is 2. The van der Waals surface area contributed by atoms with Gasteiger partial charge in [0.2, 0.25) is 0 Å². The summed E-state index contributed by atoms with van der Waals surface area (Å²) < 4.78 is 2.45. The molecule has 0 saturated heterocycles. The molecule has 1 aliphatic carbocycles. The van der Waals surface area contributed by atoms with Crippen molar-refractivity contribution in [2.45, 2.75) is 38.8 Å². The largest absolute Gasteiger partial charge is 0.309 e. The van der Waals surface area contributed by atoms with E-state index in [1.165, 1.54) is 69.2 Å². The zero-order valence-electron chi connectivity index (χ0n) is 29.9. The van der Waals surface area contributed by atoms with E-state index in [1.54, 1.807) is 0 Å². The highest BCUT2D eigenvalue weighted by molar-refractivity contribution is 8.05. The monoisotopic (exact) mass is 726 g/mol. The number of para-hydroxylation sites is 1. The van der Waals surface area contributed by atoms with Crippen molar-refractivity contribution < 1.29 is 0 Å². The van der Waals surface area contributed by atoms with E-state index < -0.39 is 0 Å². The number of hydrogen-bond donors (Lipinski definition) is 0. The molecule has 2 aromatic heterocycles. The molecule has 11 rings (SSSR count). The standard InChI is InChI=1S/C50H34N2S2/c1-50(2)40-30-44-39(29-38(40)37-25-26-47-49(48(37)50)54-46-20-12-11-19-45(46)53-47)36-17-9-10-18-43(36)52(44)35-23-21-33(22-24-35)42-28-34(31-13-5-3-6-14-31)27-41(51-42)32-15-7-4-8-16-32/h3-30H,1-2H3. The number of nitrogens with zero attached hydrogens (tertiary/aromatic N) is 2. The van der Waals surface area contributed by atoms with Gasteiger partial charge in [-0.1, -0.05) is 147 Å². The molecule has 0 saturated carbocycles. The Kier molecular flexibility index (Phi) is 7.11. The maximum Gasteiger partial charge on any atom is 0.0715 e. The molecule has 0 unspecified atom stereocenters. The van der Waals surface area contributed by atoms with Crippen LogP contribution in [0.2, 0.25) is 0 Å². The van der Waals surface area contributed by atoms with Crippen molar-refractivity contribution in [3.63, 3.8) is 0 Å². The van der Waals surface area contributed by atoms with Crippen LogP contribution in [0.1, 0.15) is 25.0 Å². The lowest BCUT2D eigenvalue weighted by atomic mass is 9.82. The first-order valence-corrected chi connectivity index (χ1v) is 20.1. The van der Waals surface area contributed by atoms with Gasteiger partial charge in [0.05, 0.1) is 22.4 Å². The second-order valence-electron chi connectivity index (χ2n) is 14.8. The first kappa shape index (κ1) is 31.7. The number of benzene rings is 7. The van der Waals surface area contributed by atoms with E-state index in [1.807, 2.05) is 23.5 Å². The SMILES string of the molecule is CC1(C)c2cc3c(cc2-c2ccc4c(c21)Sc1ccccc1S4)c1ccccc1n3-c1ccc(-c2cc(-c3ccccc3)cc(-c3ccccc3)n2)cc1. The van der Waals surface area contributed by atoms with Crippen molar-refractivity contribution >= 4 is 45.3 Å². The van der Waals surface area contributed by atoms with Crippen molar-refractivity contribution in [3.8, 4) is 50.5 Å². The average molecular weight is 727 g/mol. The molecule has 2 nitrogen and oxygen atoms in total. The summed E-state index contributed by atoms with van der Waals surface area (Å²) in [6.45, 7) is 4.83. The molecule has 0 fully saturated rings. The zero-order valence-corrected chi connectivity index (χ0v) is 31.5. The molecule has 1 aliphatic heterocycles. The van der Waals surface area contributed by atoms with Gasteiger partial charge in [-0.25, -0.2) is 4.98 Å². The minimum atomic E-state index is -0.152. The third-order valence-corrected chi connectivity index (χ3v) is 13.8. The van der Waals surface area contributed by atoms with E-state index in [0.29, 0.717) is 0 Å². The quantitative estimate of drug-likeness (QED) is 0.180. The smallest absolute Gasteiger partial charge is 0.0715 e. The Morgan fingerprint density at radius 1 is 0.463 bits per heavy atom. The van der Waals surface area contributed by atoms with Gasteiger partial charge < -0.3 is 4.57 Å². The number of hydrogen-bond acceptors (Lipinski definition) is 3. The van der Waals surface area contributed by atoms with Gasteiger partial charge in [0.15, 0.2) is 0 Å². The second kappa shape index (κ2) is 12.1. The highest BCUT2D eigenvalue weighted by Gasteiger charge is 2.40. The maximum absolute atomic E-state index is 5.20. The summed E-state index contributed by atoms with van der Waals surface area (Å²) in [6, 6.07) is 61.8. The van der Waals surface area contributed by atoms with Crippen LogP contribution in [0.4, 0.5) is 0 Å². The lowest BCUT2D eigenvalue weighted by Crippen LogP contribution is -2.17. The highest BCUT2D eigenvalue weighted by Crippen LogP contribution is 2.59. The Labute approximate surface area is 323 Å². The third-order valence-electron chi connectivity index (χ3n) is 11.2. The fourth-order valence-corrected chi connectivity index (χ4v) is 11.2. The molecular weight excluding hydrogens is 693 g/mol. The van der Waals surface area contributed by atoms with E-state index in [2.05, 4.69) is 188 Å². The fourth-order valence-electron chi connectivity index (χ4n) is 8.62. The van der Waals surface area contributed by atoms with Crippen LogP contribution in [0.3, 0.4) is 0 Å². The molecule has 2 aliphatic rings. The Balaban J connectivity index is 1.04. The molecule has 0 radical (unpaired) electrons. The molecule has 54 heavy (non-hydrogen) atoms. The summed E-state index contributed by atoms with van der Waals surface area (Å²) in [5.41, 5.74) is 15.5. The Hall–Kier alpha value is -5.81. The van der Waals surface area contributed by atoms with Crippen molar-refractivity contribution in [2.24, 2.45) is 0 Å².